The van der Waals surface area contributed by atoms with Crippen molar-refractivity contribution in [1.82, 2.24) is 9.78 Å². The van der Waals surface area contributed by atoms with Crippen LogP contribution in [0.25, 0.3) is 0 Å². The van der Waals surface area contributed by atoms with E-state index in [9.17, 15) is 4.39 Å². The molecule has 0 radical (unpaired) electrons. The molecule has 2 atom stereocenters. The molecular formula is C13H13BrFN3. The Balaban J connectivity index is 2.14. The zero-order chi connectivity index (χ0) is 12.7. The van der Waals surface area contributed by atoms with Gasteiger partial charge < -0.3 is 5.32 Å². The van der Waals surface area contributed by atoms with Crippen LogP contribution in [0, 0.1) is 11.7 Å². The first-order valence-corrected chi connectivity index (χ1v) is 6.69. The lowest BCUT2D eigenvalue weighted by molar-refractivity contribution is 0.361. The summed E-state index contributed by atoms with van der Waals surface area (Å²) in [6.45, 7) is 2.91. The highest BCUT2D eigenvalue weighted by atomic mass is 79.9. The molecule has 94 valence electrons. The summed E-state index contributed by atoms with van der Waals surface area (Å²) in [4.78, 5) is 0. The van der Waals surface area contributed by atoms with E-state index < -0.39 is 0 Å². The van der Waals surface area contributed by atoms with E-state index in [4.69, 9.17) is 0 Å². The summed E-state index contributed by atoms with van der Waals surface area (Å²) in [7, 11) is 0. The lowest BCUT2D eigenvalue weighted by Crippen LogP contribution is -2.32. The number of hydrogen-bond donors (Lipinski definition) is 1. The fraction of sp³-hybridized carbons (Fsp3) is 0.308. The molecule has 2 unspecified atom stereocenters. The molecule has 1 aromatic carbocycles. The molecule has 0 aliphatic carbocycles. The molecule has 3 nitrogen and oxygen atoms in total. The summed E-state index contributed by atoms with van der Waals surface area (Å²) in [5.41, 5.74) is 0.698. The number of rotatable bonds is 1. The number of anilines is 1. The van der Waals surface area contributed by atoms with Crippen LogP contribution in [-0.4, -0.2) is 16.3 Å². The number of nitrogens with one attached hydrogen (secondary N) is 1. The van der Waals surface area contributed by atoms with Crippen LogP contribution >= 0.6 is 15.9 Å². The first-order valence-electron chi connectivity index (χ1n) is 5.90. The Morgan fingerprint density at radius 1 is 1.44 bits per heavy atom. The van der Waals surface area contributed by atoms with Gasteiger partial charge in [0.05, 0.1) is 16.7 Å². The van der Waals surface area contributed by atoms with Crippen molar-refractivity contribution >= 4 is 21.7 Å². The molecule has 1 aliphatic rings. The molecule has 1 aliphatic heterocycles. The molecule has 0 saturated carbocycles. The fourth-order valence-electron chi connectivity index (χ4n) is 2.48. The number of nitrogens with zero attached hydrogens (tertiary/aromatic N) is 2. The third-order valence-electron chi connectivity index (χ3n) is 3.37. The maximum absolute atomic E-state index is 14.0. The molecule has 0 spiro atoms. The number of fused-ring (bicyclic) bond motifs is 1. The van der Waals surface area contributed by atoms with E-state index in [1.807, 2.05) is 16.8 Å². The van der Waals surface area contributed by atoms with E-state index in [0.29, 0.717) is 5.56 Å². The van der Waals surface area contributed by atoms with E-state index in [-0.39, 0.29) is 17.8 Å². The first-order chi connectivity index (χ1) is 8.68. The highest BCUT2D eigenvalue weighted by Crippen LogP contribution is 2.37. The van der Waals surface area contributed by atoms with Crippen LogP contribution in [0.1, 0.15) is 18.5 Å². The van der Waals surface area contributed by atoms with Gasteiger partial charge in [0.2, 0.25) is 0 Å². The van der Waals surface area contributed by atoms with E-state index in [1.54, 1.807) is 12.3 Å². The van der Waals surface area contributed by atoms with Crippen LogP contribution in [0.5, 0.6) is 0 Å². The number of hydrogen-bond acceptors (Lipinski definition) is 2. The predicted molar refractivity (Wildman–Crippen MR) is 72.1 cm³/mol. The van der Waals surface area contributed by atoms with Crippen LogP contribution in [0.3, 0.4) is 0 Å². The van der Waals surface area contributed by atoms with Gasteiger partial charge in [-0.05, 0) is 22.0 Å². The zero-order valence-electron chi connectivity index (χ0n) is 9.90. The summed E-state index contributed by atoms with van der Waals surface area (Å²) in [6, 6.07) is 6.85. The topological polar surface area (TPSA) is 29.9 Å². The van der Waals surface area contributed by atoms with Crippen molar-refractivity contribution in [3.8, 4) is 0 Å². The van der Waals surface area contributed by atoms with Crippen LogP contribution in [-0.2, 0) is 0 Å². The molecule has 3 rings (SSSR count). The van der Waals surface area contributed by atoms with Gasteiger partial charge >= 0.3 is 0 Å². The highest BCUT2D eigenvalue weighted by Gasteiger charge is 2.31. The Morgan fingerprint density at radius 2 is 2.22 bits per heavy atom. The molecule has 1 aromatic heterocycles. The van der Waals surface area contributed by atoms with Crippen molar-refractivity contribution in [2.24, 2.45) is 5.92 Å². The summed E-state index contributed by atoms with van der Waals surface area (Å²) in [6.07, 6.45) is 1.74. The van der Waals surface area contributed by atoms with Crippen LogP contribution in [0.15, 0.2) is 34.9 Å². The molecule has 2 aromatic rings. The van der Waals surface area contributed by atoms with E-state index in [2.05, 4.69) is 33.3 Å². The van der Waals surface area contributed by atoms with Gasteiger partial charge in [0.15, 0.2) is 0 Å². The maximum atomic E-state index is 14.0. The normalized spacial score (nSPS) is 22.4. The van der Waals surface area contributed by atoms with E-state index in [0.717, 1.165) is 16.8 Å². The van der Waals surface area contributed by atoms with Crippen molar-refractivity contribution in [2.45, 2.75) is 13.0 Å². The number of aromatic nitrogens is 2. The number of benzene rings is 1. The highest BCUT2D eigenvalue weighted by molar-refractivity contribution is 9.10. The zero-order valence-corrected chi connectivity index (χ0v) is 11.5. The van der Waals surface area contributed by atoms with Crippen LogP contribution in [0.4, 0.5) is 10.2 Å². The Labute approximate surface area is 113 Å². The van der Waals surface area contributed by atoms with Crippen molar-refractivity contribution in [3.05, 3.63) is 46.3 Å². The average molecular weight is 310 g/mol. The Morgan fingerprint density at radius 3 is 3.00 bits per heavy atom. The van der Waals surface area contributed by atoms with Gasteiger partial charge in [0, 0.05) is 18.0 Å². The van der Waals surface area contributed by atoms with Gasteiger partial charge in [0.1, 0.15) is 11.6 Å². The Hall–Kier alpha value is -1.36. The van der Waals surface area contributed by atoms with Crippen molar-refractivity contribution in [3.63, 3.8) is 0 Å². The van der Waals surface area contributed by atoms with Gasteiger partial charge in [-0.25, -0.2) is 9.07 Å². The van der Waals surface area contributed by atoms with Gasteiger partial charge in [-0.1, -0.05) is 25.1 Å². The largest absolute Gasteiger partial charge is 0.369 e. The van der Waals surface area contributed by atoms with Gasteiger partial charge in [0.25, 0.3) is 0 Å². The van der Waals surface area contributed by atoms with Crippen molar-refractivity contribution in [2.75, 3.05) is 11.9 Å². The van der Waals surface area contributed by atoms with E-state index >= 15 is 0 Å². The second kappa shape index (κ2) is 4.39. The summed E-state index contributed by atoms with van der Waals surface area (Å²) in [5.74, 6) is 1.02. The standard InChI is InChI=1S/C13H13BrFN3/c1-8-6-16-13-10(14)7-17-18(13)12(8)9-4-2-3-5-11(9)15/h2-5,7-8,12,16H,6H2,1H3. The SMILES string of the molecule is CC1CNc2c(Br)cnn2C1c1ccccc1F. The summed E-state index contributed by atoms with van der Waals surface area (Å²) in [5, 5.41) is 7.66. The second-order valence-corrected chi connectivity index (χ2v) is 5.46. The molecule has 5 heteroatoms. The van der Waals surface area contributed by atoms with Crippen LogP contribution in [0.2, 0.25) is 0 Å². The monoisotopic (exact) mass is 309 g/mol. The minimum Gasteiger partial charge on any atom is -0.369 e. The molecular weight excluding hydrogens is 297 g/mol. The maximum Gasteiger partial charge on any atom is 0.139 e. The number of halogens is 2. The fourth-order valence-corrected chi connectivity index (χ4v) is 2.89. The van der Waals surface area contributed by atoms with Gasteiger partial charge in [-0.3, -0.25) is 0 Å². The van der Waals surface area contributed by atoms with Crippen molar-refractivity contribution in [1.29, 1.82) is 0 Å². The lowest BCUT2D eigenvalue weighted by atomic mass is 9.93. The minimum atomic E-state index is -0.172. The molecule has 1 N–H and O–H groups in total. The summed E-state index contributed by atoms with van der Waals surface area (Å²) >= 11 is 3.45. The first kappa shape index (κ1) is 11.7. The molecule has 0 saturated heterocycles. The third kappa shape index (κ3) is 1.73. The van der Waals surface area contributed by atoms with Crippen molar-refractivity contribution < 1.29 is 4.39 Å². The van der Waals surface area contributed by atoms with Gasteiger partial charge in [-0.15, -0.1) is 0 Å². The quantitative estimate of drug-likeness (QED) is 0.874. The molecule has 18 heavy (non-hydrogen) atoms. The molecule has 2 heterocycles. The Bertz CT molecular complexity index is 581. The van der Waals surface area contributed by atoms with Gasteiger partial charge in [-0.2, -0.15) is 5.10 Å². The molecule has 0 fully saturated rings. The van der Waals surface area contributed by atoms with Crippen LogP contribution < -0.4 is 5.32 Å². The van der Waals surface area contributed by atoms with E-state index in [1.165, 1.54) is 6.07 Å². The predicted octanol–water partition coefficient (Wildman–Crippen LogP) is 3.44. The Kier molecular flexibility index (Phi) is 2.86. The minimum absolute atomic E-state index is 0.0613. The third-order valence-corrected chi connectivity index (χ3v) is 3.95. The summed E-state index contributed by atoms with van der Waals surface area (Å²) < 4.78 is 16.7. The average Bonchev–Trinajstić information content (AvgIpc) is 2.73. The smallest absolute Gasteiger partial charge is 0.139 e. The molecule has 0 amide bonds. The second-order valence-electron chi connectivity index (χ2n) is 4.61. The molecule has 0 bridgehead atoms. The lowest BCUT2D eigenvalue weighted by Gasteiger charge is -2.32.